The topological polar surface area (TPSA) is 36.4 Å². The minimum atomic E-state index is 0.179. The summed E-state index contributed by atoms with van der Waals surface area (Å²) in [4.78, 5) is 21.7. The Kier molecular flexibility index (Phi) is 6.52. The third-order valence-corrected chi connectivity index (χ3v) is 7.24. The van der Waals surface area contributed by atoms with Crippen LogP contribution in [0.2, 0.25) is 0 Å². The third kappa shape index (κ3) is 5.40. The van der Waals surface area contributed by atoms with Gasteiger partial charge in [-0.25, -0.2) is 4.98 Å². The van der Waals surface area contributed by atoms with Gasteiger partial charge in [-0.05, 0) is 24.6 Å². The van der Waals surface area contributed by atoms with E-state index in [-0.39, 0.29) is 5.91 Å². The highest BCUT2D eigenvalue weighted by molar-refractivity contribution is 8.00. The van der Waals surface area contributed by atoms with Gasteiger partial charge < -0.3 is 9.80 Å². The van der Waals surface area contributed by atoms with E-state index in [1.807, 2.05) is 16.3 Å². The van der Waals surface area contributed by atoms with E-state index >= 15 is 0 Å². The van der Waals surface area contributed by atoms with E-state index in [1.165, 1.54) is 16.8 Å². The molecule has 0 atom stereocenters. The first kappa shape index (κ1) is 20.0. The fourth-order valence-corrected chi connectivity index (χ4v) is 5.19. The van der Waals surface area contributed by atoms with Crippen LogP contribution in [0.4, 0.5) is 5.69 Å². The molecule has 150 valence electrons. The van der Waals surface area contributed by atoms with Crippen molar-refractivity contribution in [1.82, 2.24) is 9.88 Å². The van der Waals surface area contributed by atoms with Crippen molar-refractivity contribution in [2.75, 3.05) is 31.1 Å². The molecule has 1 fully saturated rings. The first-order valence-corrected chi connectivity index (χ1v) is 11.7. The standard InChI is InChI=1S/C23H25N3OS2/c1-18-7-9-19(10-8-18)16-28-23-24-20(17-29-23)15-22(27)26-13-11-25(12-14-26)21-5-3-2-4-6-21/h2-10,17H,11-16H2,1H3. The summed E-state index contributed by atoms with van der Waals surface area (Å²) in [5.74, 6) is 1.08. The second-order valence-corrected chi connectivity index (χ2v) is 9.34. The van der Waals surface area contributed by atoms with Crippen molar-refractivity contribution in [3.05, 3.63) is 76.8 Å². The molecule has 0 N–H and O–H groups in total. The number of nitrogens with zero attached hydrogens (tertiary/aromatic N) is 3. The fourth-order valence-electron chi connectivity index (χ4n) is 3.38. The molecular weight excluding hydrogens is 398 g/mol. The lowest BCUT2D eigenvalue weighted by Gasteiger charge is -2.36. The highest BCUT2D eigenvalue weighted by atomic mass is 32.2. The lowest BCUT2D eigenvalue weighted by Crippen LogP contribution is -2.49. The van der Waals surface area contributed by atoms with E-state index in [0.717, 1.165) is 42.0 Å². The number of thioether (sulfide) groups is 1. The Hall–Kier alpha value is -2.31. The molecule has 2 aromatic carbocycles. The van der Waals surface area contributed by atoms with Crippen LogP contribution in [0.3, 0.4) is 0 Å². The molecule has 0 unspecified atom stereocenters. The largest absolute Gasteiger partial charge is 0.368 e. The number of thiazole rings is 1. The van der Waals surface area contributed by atoms with Crippen LogP contribution >= 0.6 is 23.1 Å². The Bertz CT molecular complexity index is 932. The molecule has 1 saturated heterocycles. The molecule has 4 rings (SSSR count). The number of piperazine rings is 1. The first-order valence-electron chi connectivity index (χ1n) is 9.88. The predicted molar refractivity (Wildman–Crippen MR) is 122 cm³/mol. The van der Waals surface area contributed by atoms with Crippen molar-refractivity contribution in [2.24, 2.45) is 0 Å². The number of anilines is 1. The Balaban J connectivity index is 1.25. The molecule has 1 aromatic heterocycles. The van der Waals surface area contributed by atoms with Gasteiger partial charge in [0.1, 0.15) is 4.34 Å². The van der Waals surface area contributed by atoms with E-state index in [2.05, 4.69) is 65.3 Å². The van der Waals surface area contributed by atoms with Gasteiger partial charge in [-0.15, -0.1) is 11.3 Å². The molecular formula is C23H25N3OS2. The molecule has 29 heavy (non-hydrogen) atoms. The van der Waals surface area contributed by atoms with Crippen LogP contribution in [0.15, 0.2) is 64.3 Å². The summed E-state index contributed by atoms with van der Waals surface area (Å²) in [5.41, 5.74) is 4.69. The van der Waals surface area contributed by atoms with Crippen LogP contribution in [-0.2, 0) is 17.0 Å². The molecule has 4 nitrogen and oxygen atoms in total. The van der Waals surface area contributed by atoms with Crippen molar-refractivity contribution in [1.29, 1.82) is 0 Å². The number of aryl methyl sites for hydroxylation is 1. The van der Waals surface area contributed by atoms with Gasteiger partial charge in [-0.2, -0.15) is 0 Å². The number of hydrogen-bond acceptors (Lipinski definition) is 5. The number of benzene rings is 2. The minimum absolute atomic E-state index is 0.179. The zero-order valence-electron chi connectivity index (χ0n) is 16.6. The van der Waals surface area contributed by atoms with Gasteiger partial charge in [0.05, 0.1) is 12.1 Å². The van der Waals surface area contributed by atoms with E-state index in [4.69, 9.17) is 0 Å². The minimum Gasteiger partial charge on any atom is -0.368 e. The molecule has 6 heteroatoms. The Labute approximate surface area is 180 Å². The van der Waals surface area contributed by atoms with E-state index in [0.29, 0.717) is 6.42 Å². The predicted octanol–water partition coefficient (Wildman–Crippen LogP) is 4.64. The fraction of sp³-hybridized carbons (Fsp3) is 0.304. The number of amides is 1. The number of aromatic nitrogens is 1. The van der Waals surface area contributed by atoms with Crippen molar-refractivity contribution < 1.29 is 4.79 Å². The lowest BCUT2D eigenvalue weighted by atomic mass is 10.2. The van der Waals surface area contributed by atoms with E-state index < -0.39 is 0 Å². The molecule has 1 amide bonds. The average Bonchev–Trinajstić information content (AvgIpc) is 3.21. The maximum Gasteiger partial charge on any atom is 0.228 e. The van der Waals surface area contributed by atoms with Gasteiger partial charge in [0, 0.05) is 43.0 Å². The summed E-state index contributed by atoms with van der Waals surface area (Å²) in [6.07, 6.45) is 0.396. The monoisotopic (exact) mass is 423 g/mol. The van der Waals surface area contributed by atoms with Crippen LogP contribution in [0.5, 0.6) is 0 Å². The first-order chi connectivity index (χ1) is 14.2. The average molecular weight is 424 g/mol. The summed E-state index contributed by atoms with van der Waals surface area (Å²) in [7, 11) is 0. The summed E-state index contributed by atoms with van der Waals surface area (Å²) >= 11 is 3.37. The van der Waals surface area contributed by atoms with Crippen LogP contribution in [-0.4, -0.2) is 42.0 Å². The summed E-state index contributed by atoms with van der Waals surface area (Å²) in [6.45, 7) is 5.40. The Morgan fingerprint density at radius 1 is 1.03 bits per heavy atom. The second kappa shape index (κ2) is 9.46. The van der Waals surface area contributed by atoms with Crippen LogP contribution in [0.25, 0.3) is 0 Å². The molecule has 0 spiro atoms. The highest BCUT2D eigenvalue weighted by Crippen LogP contribution is 2.27. The third-order valence-electron chi connectivity index (χ3n) is 5.10. The van der Waals surface area contributed by atoms with Crippen molar-refractivity contribution in [2.45, 2.75) is 23.4 Å². The normalized spacial score (nSPS) is 14.2. The highest BCUT2D eigenvalue weighted by Gasteiger charge is 2.22. The maximum atomic E-state index is 12.7. The van der Waals surface area contributed by atoms with E-state index in [1.54, 1.807) is 23.1 Å². The molecule has 2 heterocycles. The number of carbonyl (C=O) groups excluding carboxylic acids is 1. The van der Waals surface area contributed by atoms with Crippen LogP contribution in [0, 0.1) is 6.92 Å². The molecule has 0 saturated carbocycles. The van der Waals surface area contributed by atoms with Gasteiger partial charge in [0.2, 0.25) is 5.91 Å². The quantitative estimate of drug-likeness (QED) is 0.542. The van der Waals surface area contributed by atoms with Gasteiger partial charge >= 0.3 is 0 Å². The molecule has 1 aliphatic rings. The Morgan fingerprint density at radius 2 is 1.76 bits per heavy atom. The summed E-state index contributed by atoms with van der Waals surface area (Å²) in [6, 6.07) is 19.0. The number of carbonyl (C=O) groups is 1. The molecule has 0 radical (unpaired) electrons. The van der Waals surface area contributed by atoms with Crippen LogP contribution < -0.4 is 4.90 Å². The number of rotatable bonds is 6. The summed E-state index contributed by atoms with van der Waals surface area (Å²) < 4.78 is 1.03. The van der Waals surface area contributed by atoms with Crippen molar-refractivity contribution >= 4 is 34.7 Å². The van der Waals surface area contributed by atoms with Gasteiger partial charge in [0.15, 0.2) is 0 Å². The zero-order valence-corrected chi connectivity index (χ0v) is 18.2. The van der Waals surface area contributed by atoms with Gasteiger partial charge in [-0.1, -0.05) is 59.8 Å². The Morgan fingerprint density at radius 3 is 2.48 bits per heavy atom. The number of para-hydroxylation sites is 1. The van der Waals surface area contributed by atoms with Crippen LogP contribution in [0.1, 0.15) is 16.8 Å². The molecule has 1 aliphatic heterocycles. The smallest absolute Gasteiger partial charge is 0.228 e. The zero-order chi connectivity index (χ0) is 20.1. The lowest BCUT2D eigenvalue weighted by molar-refractivity contribution is -0.130. The SMILES string of the molecule is Cc1ccc(CSc2nc(CC(=O)N3CCN(c4ccccc4)CC3)cs2)cc1. The van der Waals surface area contributed by atoms with E-state index in [9.17, 15) is 4.79 Å². The molecule has 0 aliphatic carbocycles. The maximum absolute atomic E-state index is 12.7. The van der Waals surface area contributed by atoms with Crippen molar-refractivity contribution in [3.63, 3.8) is 0 Å². The summed E-state index contributed by atoms with van der Waals surface area (Å²) in [5, 5.41) is 2.02. The van der Waals surface area contributed by atoms with Gasteiger partial charge in [0.25, 0.3) is 0 Å². The van der Waals surface area contributed by atoms with Crippen molar-refractivity contribution in [3.8, 4) is 0 Å². The molecule has 0 bridgehead atoms. The number of hydrogen-bond donors (Lipinski definition) is 0. The second-order valence-electron chi connectivity index (χ2n) is 7.26. The van der Waals surface area contributed by atoms with Gasteiger partial charge in [-0.3, -0.25) is 4.79 Å². The molecule has 3 aromatic rings.